The Morgan fingerprint density at radius 3 is 2.52 bits per heavy atom. The Balaban J connectivity index is 1.98. The number of carboxylic acid groups (broad SMARTS) is 1. The molecule has 0 spiro atoms. The van der Waals surface area contributed by atoms with Gasteiger partial charge in [0, 0.05) is 11.5 Å². The highest BCUT2D eigenvalue weighted by Crippen LogP contribution is 2.18. The Morgan fingerprint density at radius 1 is 1.26 bits per heavy atom. The van der Waals surface area contributed by atoms with E-state index in [4.69, 9.17) is 14.3 Å². The smallest absolute Gasteiger partial charge is 0.326 e. The number of aliphatic carboxylic acids is 1. The number of carbonyl (C=O) groups excluding carboxylic acids is 1. The van der Waals surface area contributed by atoms with Gasteiger partial charge in [-0.15, -0.1) is 0 Å². The summed E-state index contributed by atoms with van der Waals surface area (Å²) in [5.41, 5.74) is 0. The number of nitrogens with zero attached hydrogens (tertiary/aromatic N) is 1. The highest BCUT2D eigenvalue weighted by atomic mass is 79.9. The normalized spacial score (nSPS) is 11.8. The number of ether oxygens (including phenoxy) is 1. The van der Waals surface area contributed by atoms with Gasteiger partial charge in [-0.1, -0.05) is 15.9 Å². The monoisotopic (exact) mass is 381 g/mol. The van der Waals surface area contributed by atoms with E-state index in [1.165, 1.54) is 20.0 Å². The second-order valence-corrected chi connectivity index (χ2v) is 5.85. The molecule has 0 radical (unpaired) electrons. The van der Waals surface area contributed by atoms with E-state index in [0.717, 1.165) is 9.37 Å². The predicted molar refractivity (Wildman–Crippen MR) is 86.4 cm³/mol. The zero-order valence-corrected chi connectivity index (χ0v) is 14.2. The van der Waals surface area contributed by atoms with E-state index in [2.05, 4.69) is 15.9 Å². The zero-order chi connectivity index (χ0) is 17.0. The number of hydrogen-bond acceptors (Lipinski definition) is 4. The largest absolute Gasteiger partial charge is 0.486 e. The Bertz CT molecular complexity index is 695. The summed E-state index contributed by atoms with van der Waals surface area (Å²) in [6.45, 7) is 1.61. The van der Waals surface area contributed by atoms with Crippen LogP contribution in [0.15, 0.2) is 45.3 Å². The fraction of sp³-hybridized carbons (Fsp3) is 0.250. The molecule has 0 saturated carbocycles. The third-order valence-corrected chi connectivity index (χ3v) is 3.85. The number of hydrogen-bond donors (Lipinski definition) is 1. The molecule has 0 fully saturated rings. The van der Waals surface area contributed by atoms with Crippen molar-refractivity contribution in [2.24, 2.45) is 0 Å². The molecule has 0 aliphatic rings. The molecule has 1 N–H and O–H groups in total. The number of halogens is 1. The van der Waals surface area contributed by atoms with Gasteiger partial charge in [0.1, 0.15) is 24.2 Å². The van der Waals surface area contributed by atoms with Gasteiger partial charge in [-0.25, -0.2) is 4.79 Å². The first-order chi connectivity index (χ1) is 10.9. The third-order valence-electron chi connectivity index (χ3n) is 3.33. The predicted octanol–water partition coefficient (Wildman–Crippen LogP) is 3.17. The molecule has 0 bridgehead atoms. The van der Waals surface area contributed by atoms with E-state index in [1.807, 2.05) is 12.1 Å². The molecule has 6 nitrogen and oxygen atoms in total. The molecule has 122 valence electrons. The van der Waals surface area contributed by atoms with Gasteiger partial charge in [0.15, 0.2) is 5.76 Å². The lowest BCUT2D eigenvalue weighted by atomic mass is 10.3. The van der Waals surface area contributed by atoms with Crippen LogP contribution >= 0.6 is 15.9 Å². The fourth-order valence-electron chi connectivity index (χ4n) is 1.77. The summed E-state index contributed by atoms with van der Waals surface area (Å²) in [7, 11) is 1.42. The van der Waals surface area contributed by atoms with Crippen molar-refractivity contribution in [2.45, 2.75) is 19.6 Å². The summed E-state index contributed by atoms with van der Waals surface area (Å²) in [6, 6.07) is 9.53. The quantitative estimate of drug-likeness (QED) is 0.830. The Kier molecular flexibility index (Phi) is 5.44. The number of likely N-dealkylation sites (N-methyl/N-ethyl adjacent to an activating group) is 1. The average molecular weight is 382 g/mol. The average Bonchev–Trinajstić information content (AvgIpc) is 3.01. The Labute approximate surface area is 141 Å². The van der Waals surface area contributed by atoms with Crippen LogP contribution in [0.5, 0.6) is 5.75 Å². The van der Waals surface area contributed by atoms with Crippen LogP contribution in [0.25, 0.3) is 0 Å². The maximum atomic E-state index is 12.1. The third kappa shape index (κ3) is 4.35. The van der Waals surface area contributed by atoms with Crippen LogP contribution in [0.2, 0.25) is 0 Å². The summed E-state index contributed by atoms with van der Waals surface area (Å²) in [5.74, 6) is -0.335. The van der Waals surface area contributed by atoms with Crippen LogP contribution in [0.1, 0.15) is 23.2 Å². The summed E-state index contributed by atoms with van der Waals surface area (Å²) >= 11 is 3.34. The number of rotatable bonds is 6. The molecule has 2 rings (SSSR count). The summed E-state index contributed by atoms with van der Waals surface area (Å²) in [5, 5.41) is 8.94. The second-order valence-electron chi connectivity index (χ2n) is 4.94. The van der Waals surface area contributed by atoms with Crippen LogP contribution < -0.4 is 4.74 Å². The minimum Gasteiger partial charge on any atom is -0.486 e. The van der Waals surface area contributed by atoms with Crippen LogP contribution in [0, 0.1) is 0 Å². The highest BCUT2D eigenvalue weighted by Gasteiger charge is 2.24. The standard InChI is InChI=1S/C16H16BrNO5/c1-10(16(20)21)18(2)15(19)14-8-7-13(23-14)9-22-12-5-3-11(17)4-6-12/h3-8,10H,9H2,1-2H3,(H,20,21). The van der Waals surface area contributed by atoms with Crippen molar-refractivity contribution < 1.29 is 23.8 Å². The van der Waals surface area contributed by atoms with Crippen molar-refractivity contribution in [3.8, 4) is 5.75 Å². The van der Waals surface area contributed by atoms with E-state index >= 15 is 0 Å². The van der Waals surface area contributed by atoms with Gasteiger partial charge in [0.25, 0.3) is 5.91 Å². The van der Waals surface area contributed by atoms with Crippen molar-refractivity contribution in [3.63, 3.8) is 0 Å². The van der Waals surface area contributed by atoms with Gasteiger partial charge < -0.3 is 19.2 Å². The number of furan rings is 1. The van der Waals surface area contributed by atoms with Gasteiger partial charge in [0.05, 0.1) is 0 Å². The lowest BCUT2D eigenvalue weighted by Crippen LogP contribution is -2.40. The fourth-order valence-corrected chi connectivity index (χ4v) is 2.04. The molecule has 0 saturated heterocycles. The highest BCUT2D eigenvalue weighted by molar-refractivity contribution is 9.10. The van der Waals surface area contributed by atoms with Gasteiger partial charge in [-0.2, -0.15) is 0 Å². The van der Waals surface area contributed by atoms with E-state index in [-0.39, 0.29) is 12.4 Å². The lowest BCUT2D eigenvalue weighted by molar-refractivity contribution is -0.141. The van der Waals surface area contributed by atoms with E-state index in [0.29, 0.717) is 11.5 Å². The first-order valence-electron chi connectivity index (χ1n) is 6.85. The van der Waals surface area contributed by atoms with Crippen molar-refractivity contribution in [1.29, 1.82) is 0 Å². The minimum atomic E-state index is -1.08. The molecule has 7 heteroatoms. The topological polar surface area (TPSA) is 80.0 Å². The lowest BCUT2D eigenvalue weighted by Gasteiger charge is -2.19. The van der Waals surface area contributed by atoms with Crippen molar-refractivity contribution in [1.82, 2.24) is 4.90 Å². The molecule has 1 heterocycles. The second kappa shape index (κ2) is 7.32. The van der Waals surface area contributed by atoms with Gasteiger partial charge >= 0.3 is 5.97 Å². The molecule has 0 aliphatic carbocycles. The molecule has 1 aromatic carbocycles. The maximum Gasteiger partial charge on any atom is 0.326 e. The van der Waals surface area contributed by atoms with Crippen molar-refractivity contribution >= 4 is 27.8 Å². The first-order valence-corrected chi connectivity index (χ1v) is 7.65. The van der Waals surface area contributed by atoms with Crippen LogP contribution in [0.4, 0.5) is 0 Å². The summed E-state index contributed by atoms with van der Waals surface area (Å²) < 4.78 is 11.9. The minimum absolute atomic E-state index is 0.0787. The van der Waals surface area contributed by atoms with Crippen LogP contribution in [-0.4, -0.2) is 35.0 Å². The Morgan fingerprint density at radius 2 is 1.91 bits per heavy atom. The summed E-state index contributed by atoms with van der Waals surface area (Å²) in [4.78, 5) is 24.2. The van der Waals surface area contributed by atoms with Crippen molar-refractivity contribution in [3.05, 3.63) is 52.4 Å². The van der Waals surface area contributed by atoms with Gasteiger partial charge in [-0.05, 0) is 43.3 Å². The van der Waals surface area contributed by atoms with E-state index in [1.54, 1.807) is 18.2 Å². The summed E-state index contributed by atoms with van der Waals surface area (Å²) in [6.07, 6.45) is 0. The molecule has 0 aliphatic heterocycles. The number of benzene rings is 1. The molecule has 2 aromatic rings. The molecular formula is C16H16BrNO5. The molecular weight excluding hydrogens is 366 g/mol. The van der Waals surface area contributed by atoms with E-state index < -0.39 is 17.9 Å². The Hall–Kier alpha value is -2.28. The molecule has 1 unspecified atom stereocenters. The molecule has 1 amide bonds. The van der Waals surface area contributed by atoms with E-state index in [9.17, 15) is 9.59 Å². The molecule has 1 atom stereocenters. The van der Waals surface area contributed by atoms with Gasteiger partial charge in [-0.3, -0.25) is 4.79 Å². The van der Waals surface area contributed by atoms with Crippen LogP contribution in [-0.2, 0) is 11.4 Å². The maximum absolute atomic E-state index is 12.1. The number of amides is 1. The first kappa shape index (κ1) is 17.1. The van der Waals surface area contributed by atoms with Crippen molar-refractivity contribution in [2.75, 3.05) is 7.05 Å². The number of carbonyl (C=O) groups is 2. The van der Waals surface area contributed by atoms with Crippen LogP contribution in [0.3, 0.4) is 0 Å². The molecule has 23 heavy (non-hydrogen) atoms. The zero-order valence-electron chi connectivity index (χ0n) is 12.7. The SMILES string of the molecule is CC(C(=O)O)N(C)C(=O)c1ccc(COc2ccc(Br)cc2)o1. The van der Waals surface area contributed by atoms with Gasteiger partial charge in [0.2, 0.25) is 0 Å². The molecule has 1 aromatic heterocycles. The number of carboxylic acids is 1.